The molecule has 0 spiro atoms. The molecule has 0 saturated carbocycles. The quantitative estimate of drug-likeness (QED) is 0.159. The Morgan fingerprint density at radius 3 is 1.74 bits per heavy atom. The number of nitrogens with one attached hydrogen (secondary N) is 3. The Bertz CT molecular complexity index is 1450. The molecule has 13 heteroatoms. The SMILES string of the molecule is C[C@H](NC(=O)[C@H](Cc1ccccc1)NC(=O)OC(C)(C)C)C(=O)NC(CCC(=O)O)P(=O)(Oc1ccccc1)Oc1ccccc1. The van der Waals surface area contributed by atoms with Gasteiger partial charge in [0.15, 0.2) is 5.78 Å². The van der Waals surface area contributed by atoms with Gasteiger partial charge in [0, 0.05) is 12.8 Å². The van der Waals surface area contributed by atoms with E-state index in [4.69, 9.17) is 13.8 Å². The fraction of sp³-hybridized carbons (Fsp3) is 0.333. The first kappa shape index (κ1) is 35.6. The van der Waals surface area contributed by atoms with Crippen LogP contribution in [-0.2, 0) is 30.1 Å². The fourth-order valence-electron chi connectivity index (χ4n) is 4.15. The van der Waals surface area contributed by atoms with E-state index in [2.05, 4.69) is 16.0 Å². The van der Waals surface area contributed by atoms with Crippen LogP contribution in [0.2, 0.25) is 0 Å². The third-order valence-corrected chi connectivity index (χ3v) is 8.40. The highest BCUT2D eigenvalue weighted by atomic mass is 31.2. The topological polar surface area (TPSA) is 169 Å². The summed E-state index contributed by atoms with van der Waals surface area (Å²) in [4.78, 5) is 51.0. The zero-order valence-corrected chi connectivity index (χ0v) is 27.1. The van der Waals surface area contributed by atoms with E-state index in [0.717, 1.165) is 5.56 Å². The lowest BCUT2D eigenvalue weighted by Gasteiger charge is -2.29. The molecule has 0 aromatic heterocycles. The van der Waals surface area contributed by atoms with Gasteiger partial charge in [0.1, 0.15) is 29.2 Å². The van der Waals surface area contributed by atoms with Gasteiger partial charge in [0.25, 0.3) is 0 Å². The lowest BCUT2D eigenvalue weighted by molar-refractivity contribution is -0.137. The van der Waals surface area contributed by atoms with Gasteiger partial charge in [-0.1, -0.05) is 66.7 Å². The first-order valence-electron chi connectivity index (χ1n) is 14.7. The van der Waals surface area contributed by atoms with E-state index in [0.29, 0.717) is 0 Å². The van der Waals surface area contributed by atoms with E-state index in [1.807, 2.05) is 6.07 Å². The number of benzene rings is 3. The third kappa shape index (κ3) is 11.9. The number of ether oxygens (including phenoxy) is 1. The van der Waals surface area contributed by atoms with Crippen LogP contribution >= 0.6 is 7.60 Å². The number of carboxylic acid groups (broad SMARTS) is 1. The molecule has 3 aromatic rings. The highest BCUT2D eigenvalue weighted by molar-refractivity contribution is 7.55. The van der Waals surface area contributed by atoms with Crippen molar-refractivity contribution in [2.24, 2.45) is 0 Å². The molecule has 0 radical (unpaired) electrons. The summed E-state index contributed by atoms with van der Waals surface area (Å²) >= 11 is 0. The number of para-hydroxylation sites is 2. The molecule has 12 nitrogen and oxygen atoms in total. The van der Waals surface area contributed by atoms with E-state index in [1.165, 1.54) is 6.92 Å². The normalized spacial score (nSPS) is 13.3. The maximum atomic E-state index is 14.4. The molecule has 0 aliphatic carbocycles. The highest BCUT2D eigenvalue weighted by Gasteiger charge is 2.41. The molecule has 0 saturated heterocycles. The molecular formula is C33H40N3O9P. The van der Waals surface area contributed by atoms with Gasteiger partial charge in [-0.3, -0.25) is 14.4 Å². The van der Waals surface area contributed by atoms with Gasteiger partial charge in [-0.2, -0.15) is 0 Å². The smallest absolute Gasteiger partial charge is 0.452 e. The van der Waals surface area contributed by atoms with Crippen LogP contribution in [0.1, 0.15) is 46.1 Å². The molecule has 3 atom stereocenters. The van der Waals surface area contributed by atoms with Crippen molar-refractivity contribution < 1.29 is 42.6 Å². The Hall–Kier alpha value is -4.83. The van der Waals surface area contributed by atoms with Crippen LogP contribution in [0, 0.1) is 0 Å². The minimum absolute atomic E-state index is 0.104. The summed E-state index contributed by atoms with van der Waals surface area (Å²) < 4.78 is 31.4. The summed E-state index contributed by atoms with van der Waals surface area (Å²) in [5.74, 6) is -3.72. The second-order valence-electron chi connectivity index (χ2n) is 11.4. The molecule has 3 aromatic carbocycles. The van der Waals surface area contributed by atoms with Gasteiger partial charge in [-0.15, -0.1) is 0 Å². The number of carbonyl (C=O) groups is 4. The van der Waals surface area contributed by atoms with Crippen molar-refractivity contribution in [1.29, 1.82) is 0 Å². The number of rotatable bonds is 15. The summed E-state index contributed by atoms with van der Waals surface area (Å²) in [7, 11) is -4.34. The number of amides is 3. The molecule has 1 unspecified atom stereocenters. The molecule has 3 amide bonds. The maximum absolute atomic E-state index is 14.4. The molecule has 0 bridgehead atoms. The minimum atomic E-state index is -4.34. The van der Waals surface area contributed by atoms with E-state index in [9.17, 15) is 28.8 Å². The fourth-order valence-corrected chi connectivity index (χ4v) is 6.00. The predicted molar refractivity (Wildman–Crippen MR) is 171 cm³/mol. The monoisotopic (exact) mass is 653 g/mol. The number of carbonyl (C=O) groups excluding carboxylic acids is 3. The largest absolute Gasteiger partial charge is 0.481 e. The summed E-state index contributed by atoms with van der Waals surface area (Å²) in [6.45, 7) is 6.46. The summed E-state index contributed by atoms with van der Waals surface area (Å²) in [5, 5.41) is 17.1. The number of hydrogen-bond acceptors (Lipinski definition) is 8. The van der Waals surface area contributed by atoms with E-state index in [1.54, 1.807) is 106 Å². The van der Waals surface area contributed by atoms with Crippen LogP contribution in [-0.4, -0.2) is 52.5 Å². The van der Waals surface area contributed by atoms with Crippen molar-refractivity contribution in [2.45, 2.75) is 70.4 Å². The van der Waals surface area contributed by atoms with Gasteiger partial charge in [-0.25, -0.2) is 9.36 Å². The molecule has 246 valence electrons. The van der Waals surface area contributed by atoms with E-state index >= 15 is 0 Å². The minimum Gasteiger partial charge on any atom is -0.481 e. The summed E-state index contributed by atoms with van der Waals surface area (Å²) in [5.41, 5.74) is -0.0604. The second kappa shape index (κ2) is 16.5. The number of aliphatic carboxylic acids is 1. The molecule has 46 heavy (non-hydrogen) atoms. The Morgan fingerprint density at radius 1 is 0.761 bits per heavy atom. The molecule has 0 fully saturated rings. The Labute approximate surface area is 268 Å². The van der Waals surface area contributed by atoms with Gasteiger partial charge in [0.2, 0.25) is 11.8 Å². The average molecular weight is 654 g/mol. The highest BCUT2D eigenvalue weighted by Crippen LogP contribution is 2.53. The number of carboxylic acids is 1. The molecule has 4 N–H and O–H groups in total. The first-order valence-corrected chi connectivity index (χ1v) is 16.3. The van der Waals surface area contributed by atoms with Gasteiger partial charge in [0.05, 0.1) is 0 Å². The zero-order valence-electron chi connectivity index (χ0n) is 26.2. The van der Waals surface area contributed by atoms with Crippen molar-refractivity contribution in [3.05, 3.63) is 96.6 Å². The van der Waals surface area contributed by atoms with Crippen LogP contribution in [0.3, 0.4) is 0 Å². The standard InChI is InChI=1S/C33H40N3O9P/c1-23(34-31(40)27(22-24-14-8-5-9-15-24)35-32(41)43-33(2,3)4)30(39)36-28(20-21-29(37)38)46(42,44-25-16-10-6-11-17-25)45-26-18-12-7-13-19-26/h5-19,23,27-28H,20-22H2,1-4H3,(H,34,40)(H,35,41)(H,36,39)(H,37,38)/t23-,27-,28?/m0/s1. The average Bonchev–Trinajstić information content (AvgIpc) is 2.99. The van der Waals surface area contributed by atoms with Gasteiger partial charge in [-0.05, 0) is 63.9 Å². The molecular weight excluding hydrogens is 613 g/mol. The number of alkyl carbamates (subject to hydrolysis) is 1. The van der Waals surface area contributed by atoms with Crippen molar-refractivity contribution in [3.8, 4) is 11.5 Å². The van der Waals surface area contributed by atoms with Gasteiger partial charge < -0.3 is 34.8 Å². The number of hydrogen-bond donors (Lipinski definition) is 4. The first-order chi connectivity index (χ1) is 21.7. The van der Waals surface area contributed by atoms with E-state index in [-0.39, 0.29) is 24.3 Å². The van der Waals surface area contributed by atoms with Crippen LogP contribution < -0.4 is 25.0 Å². The summed E-state index contributed by atoms with van der Waals surface area (Å²) in [6.07, 6.45) is -1.49. The van der Waals surface area contributed by atoms with E-state index < -0.39 is 61.4 Å². The third-order valence-electron chi connectivity index (χ3n) is 6.32. The Morgan fingerprint density at radius 2 is 1.26 bits per heavy atom. The lowest BCUT2D eigenvalue weighted by atomic mass is 10.0. The summed E-state index contributed by atoms with van der Waals surface area (Å²) in [6, 6.07) is 22.9. The van der Waals surface area contributed by atoms with Crippen LogP contribution in [0.25, 0.3) is 0 Å². The zero-order chi connectivity index (χ0) is 33.7. The van der Waals surface area contributed by atoms with Crippen molar-refractivity contribution >= 4 is 31.5 Å². The van der Waals surface area contributed by atoms with Crippen LogP contribution in [0.4, 0.5) is 4.79 Å². The molecule has 3 rings (SSSR count). The predicted octanol–water partition coefficient (Wildman–Crippen LogP) is 5.29. The van der Waals surface area contributed by atoms with Crippen LogP contribution in [0.5, 0.6) is 11.5 Å². The molecule has 0 heterocycles. The molecule has 0 aliphatic heterocycles. The maximum Gasteiger partial charge on any atom is 0.452 e. The Balaban J connectivity index is 1.83. The van der Waals surface area contributed by atoms with Crippen molar-refractivity contribution in [3.63, 3.8) is 0 Å². The Kier molecular flexibility index (Phi) is 12.8. The van der Waals surface area contributed by atoms with Crippen molar-refractivity contribution in [2.75, 3.05) is 0 Å². The lowest BCUT2D eigenvalue weighted by Crippen LogP contribution is -2.55. The van der Waals surface area contributed by atoms with Crippen LogP contribution in [0.15, 0.2) is 91.0 Å². The van der Waals surface area contributed by atoms with Crippen molar-refractivity contribution in [1.82, 2.24) is 16.0 Å². The molecule has 0 aliphatic rings. The second-order valence-corrected chi connectivity index (χ2v) is 13.5. The van der Waals surface area contributed by atoms with Gasteiger partial charge >= 0.3 is 19.7 Å².